The molecule has 0 aliphatic carbocycles. The molecule has 2 heterocycles. The number of hydrogen-bond donors (Lipinski definition) is 0. The summed E-state index contributed by atoms with van der Waals surface area (Å²) >= 11 is 0. The molecule has 2 aromatic rings. The number of ether oxygens (including phenoxy) is 2. The average Bonchev–Trinajstić information content (AvgIpc) is 3.29. The van der Waals surface area contributed by atoms with E-state index < -0.39 is 35.4 Å². The third kappa shape index (κ3) is 3.53. The van der Waals surface area contributed by atoms with Crippen LogP contribution in [0.2, 0.25) is 0 Å². The largest absolute Gasteiger partial charge is 0.494 e. The number of nitro groups is 1. The predicted molar refractivity (Wildman–Crippen MR) is 108 cm³/mol. The highest BCUT2D eigenvalue weighted by molar-refractivity contribution is 6.21. The summed E-state index contributed by atoms with van der Waals surface area (Å²) in [4.78, 5) is 62.3. The first kappa shape index (κ1) is 21.0. The van der Waals surface area contributed by atoms with Crippen LogP contribution in [0.15, 0.2) is 42.5 Å². The number of fused-ring (bicyclic) bond motifs is 1. The number of benzene rings is 2. The van der Waals surface area contributed by atoms with Crippen LogP contribution in [0.25, 0.3) is 0 Å². The summed E-state index contributed by atoms with van der Waals surface area (Å²) in [7, 11) is 1.32. The van der Waals surface area contributed by atoms with Gasteiger partial charge >= 0.3 is 5.97 Å². The number of imide groups is 1. The lowest BCUT2D eigenvalue weighted by Crippen LogP contribution is -2.35. The maximum atomic E-state index is 12.5. The highest BCUT2D eigenvalue weighted by atomic mass is 16.6. The molecule has 0 N–H and O–H groups in total. The number of nitrogens with zero attached hydrogens (tertiary/aromatic N) is 3. The van der Waals surface area contributed by atoms with E-state index in [1.165, 1.54) is 42.3 Å². The van der Waals surface area contributed by atoms with Gasteiger partial charge in [-0.2, -0.15) is 0 Å². The van der Waals surface area contributed by atoms with Crippen molar-refractivity contribution in [1.29, 1.82) is 0 Å². The van der Waals surface area contributed by atoms with Gasteiger partial charge in [-0.15, -0.1) is 0 Å². The van der Waals surface area contributed by atoms with E-state index in [2.05, 4.69) is 0 Å². The Morgan fingerprint density at radius 3 is 2.38 bits per heavy atom. The number of carbonyl (C=O) groups is 4. The fourth-order valence-corrected chi connectivity index (χ4v) is 3.70. The lowest BCUT2D eigenvalue weighted by atomic mass is 10.1. The van der Waals surface area contributed by atoms with Gasteiger partial charge in [-0.05, 0) is 18.2 Å². The highest BCUT2D eigenvalue weighted by Gasteiger charge is 2.40. The maximum Gasteiger partial charge on any atom is 0.313 e. The van der Waals surface area contributed by atoms with Crippen LogP contribution in [-0.2, 0) is 14.3 Å². The smallest absolute Gasteiger partial charge is 0.313 e. The van der Waals surface area contributed by atoms with E-state index in [0.29, 0.717) is 5.69 Å². The Bertz CT molecular complexity index is 1130. The Labute approximate surface area is 181 Å². The van der Waals surface area contributed by atoms with Crippen molar-refractivity contribution < 1.29 is 33.6 Å². The zero-order chi connectivity index (χ0) is 23.0. The SMILES string of the molecule is COc1cc([N+](=O)[O-])ccc1N1C[C@H](C(=O)OCN2C(=O)c3ccccc3C2=O)CC1=O. The van der Waals surface area contributed by atoms with Gasteiger partial charge in [0.05, 0.1) is 40.8 Å². The van der Waals surface area contributed by atoms with E-state index in [0.717, 1.165) is 4.90 Å². The van der Waals surface area contributed by atoms with Crippen LogP contribution in [0.1, 0.15) is 27.1 Å². The Morgan fingerprint density at radius 1 is 1.12 bits per heavy atom. The van der Waals surface area contributed by atoms with Gasteiger partial charge in [-0.1, -0.05) is 12.1 Å². The van der Waals surface area contributed by atoms with E-state index >= 15 is 0 Å². The molecular weight excluding hydrogens is 422 g/mol. The highest BCUT2D eigenvalue weighted by Crippen LogP contribution is 2.36. The molecule has 2 aliphatic heterocycles. The van der Waals surface area contributed by atoms with Gasteiger partial charge in [0.2, 0.25) is 5.91 Å². The standard InChI is InChI=1S/C21H17N3O8/c1-31-17-9-13(24(29)30)6-7-16(17)22-10-12(8-18(22)25)21(28)32-11-23-19(26)14-4-2-3-5-15(14)20(23)27/h2-7,9,12H,8,10-11H2,1H3/t12-/m1/s1. The van der Waals surface area contributed by atoms with Crippen LogP contribution in [0.3, 0.4) is 0 Å². The molecule has 164 valence electrons. The molecule has 11 heteroatoms. The molecule has 0 unspecified atom stereocenters. The number of anilines is 1. The van der Waals surface area contributed by atoms with Gasteiger partial charge < -0.3 is 14.4 Å². The van der Waals surface area contributed by atoms with Crippen LogP contribution >= 0.6 is 0 Å². The first-order valence-electron chi connectivity index (χ1n) is 9.56. The summed E-state index contributed by atoms with van der Waals surface area (Å²) in [6.45, 7) is -0.593. The fourth-order valence-electron chi connectivity index (χ4n) is 3.70. The molecule has 2 aromatic carbocycles. The summed E-state index contributed by atoms with van der Waals surface area (Å²) in [6, 6.07) is 10.1. The second-order valence-corrected chi connectivity index (χ2v) is 7.20. The van der Waals surface area contributed by atoms with Gasteiger partial charge in [0.15, 0.2) is 6.73 Å². The fraction of sp³-hybridized carbons (Fsp3) is 0.238. The zero-order valence-electron chi connectivity index (χ0n) is 16.8. The first-order chi connectivity index (χ1) is 15.3. The third-order valence-electron chi connectivity index (χ3n) is 5.34. The summed E-state index contributed by atoms with van der Waals surface area (Å²) in [5.41, 5.74) is 0.565. The van der Waals surface area contributed by atoms with Crippen molar-refractivity contribution in [2.75, 3.05) is 25.3 Å². The lowest BCUT2D eigenvalue weighted by Gasteiger charge is -2.19. The van der Waals surface area contributed by atoms with E-state index in [-0.39, 0.29) is 41.4 Å². The van der Waals surface area contributed by atoms with Gasteiger partial charge in [0.1, 0.15) is 5.75 Å². The van der Waals surface area contributed by atoms with Gasteiger partial charge in [-0.3, -0.25) is 29.3 Å². The molecule has 1 saturated heterocycles. The summed E-state index contributed by atoms with van der Waals surface area (Å²) in [6.07, 6.45) is -0.152. The third-order valence-corrected chi connectivity index (χ3v) is 5.34. The second kappa shape index (κ2) is 8.10. The Morgan fingerprint density at radius 2 is 1.78 bits per heavy atom. The molecule has 0 bridgehead atoms. The molecule has 0 spiro atoms. The quantitative estimate of drug-likeness (QED) is 0.287. The molecule has 0 saturated carbocycles. The predicted octanol–water partition coefficient (Wildman–Crippen LogP) is 1.75. The summed E-state index contributed by atoms with van der Waals surface area (Å²) in [5.74, 6) is -2.96. The summed E-state index contributed by atoms with van der Waals surface area (Å²) < 4.78 is 10.3. The number of non-ortho nitro benzene ring substituents is 1. The van der Waals surface area contributed by atoms with Gasteiger partial charge in [-0.25, -0.2) is 4.90 Å². The van der Waals surface area contributed by atoms with E-state index in [1.54, 1.807) is 12.1 Å². The maximum absolute atomic E-state index is 12.5. The first-order valence-corrected chi connectivity index (χ1v) is 9.56. The van der Waals surface area contributed by atoms with Crippen molar-refractivity contribution in [3.8, 4) is 5.75 Å². The summed E-state index contributed by atoms with van der Waals surface area (Å²) in [5, 5.41) is 11.0. The van der Waals surface area contributed by atoms with Crippen LogP contribution in [0, 0.1) is 16.0 Å². The zero-order valence-corrected chi connectivity index (χ0v) is 16.8. The number of nitro benzene ring substituents is 1. The molecule has 3 amide bonds. The molecule has 2 aliphatic rings. The molecular formula is C21H17N3O8. The molecule has 1 fully saturated rings. The van der Waals surface area contributed by atoms with Crippen molar-refractivity contribution in [2.45, 2.75) is 6.42 Å². The van der Waals surface area contributed by atoms with Crippen LogP contribution in [0.5, 0.6) is 5.75 Å². The van der Waals surface area contributed by atoms with Crippen LogP contribution in [-0.4, -0.2) is 53.9 Å². The molecule has 4 rings (SSSR count). The minimum Gasteiger partial charge on any atom is -0.494 e. The van der Waals surface area contributed by atoms with Crippen LogP contribution in [0.4, 0.5) is 11.4 Å². The Kier molecular flexibility index (Phi) is 5.31. The average molecular weight is 439 g/mol. The molecule has 0 aromatic heterocycles. The minimum absolute atomic E-state index is 0.0338. The van der Waals surface area contributed by atoms with Gasteiger partial charge in [0.25, 0.3) is 17.5 Å². The lowest BCUT2D eigenvalue weighted by molar-refractivity contribution is -0.384. The van der Waals surface area contributed by atoms with Gasteiger partial charge in [0, 0.05) is 19.0 Å². The molecule has 0 radical (unpaired) electrons. The number of amides is 3. The number of methoxy groups -OCH3 is 1. The van der Waals surface area contributed by atoms with Crippen LogP contribution < -0.4 is 9.64 Å². The number of esters is 1. The molecule has 32 heavy (non-hydrogen) atoms. The monoisotopic (exact) mass is 439 g/mol. The topological polar surface area (TPSA) is 136 Å². The second-order valence-electron chi connectivity index (χ2n) is 7.20. The number of rotatable bonds is 6. The van der Waals surface area contributed by atoms with Crippen molar-refractivity contribution in [3.63, 3.8) is 0 Å². The minimum atomic E-state index is -0.836. The van der Waals surface area contributed by atoms with E-state index in [9.17, 15) is 29.3 Å². The Hall–Kier alpha value is -4.28. The van der Waals surface area contributed by atoms with E-state index in [1.807, 2.05) is 0 Å². The normalized spacial score (nSPS) is 17.5. The van der Waals surface area contributed by atoms with Crippen molar-refractivity contribution in [2.24, 2.45) is 5.92 Å². The molecule has 11 nitrogen and oxygen atoms in total. The van der Waals surface area contributed by atoms with Crippen molar-refractivity contribution in [3.05, 3.63) is 63.7 Å². The number of hydrogen-bond acceptors (Lipinski definition) is 8. The van der Waals surface area contributed by atoms with Crippen molar-refractivity contribution >= 4 is 35.1 Å². The molecule has 1 atom stereocenters. The van der Waals surface area contributed by atoms with E-state index in [4.69, 9.17) is 9.47 Å². The number of carbonyl (C=O) groups excluding carboxylic acids is 4. The Balaban J connectivity index is 1.43. The van der Waals surface area contributed by atoms with Crippen molar-refractivity contribution in [1.82, 2.24) is 4.90 Å².